The molecule has 0 bridgehead atoms. The smallest absolute Gasteiger partial charge is 0.321 e. The quantitative estimate of drug-likeness (QED) is 0.790. The third kappa shape index (κ3) is 6.01. The van der Waals surface area contributed by atoms with E-state index in [-0.39, 0.29) is 24.3 Å². The predicted molar refractivity (Wildman–Crippen MR) is 87.0 cm³/mol. The number of halogens is 1. The number of anilines is 1. The van der Waals surface area contributed by atoms with E-state index in [1.54, 1.807) is 38.4 Å². The number of nitrogens with zero attached hydrogens (tertiary/aromatic N) is 1. The number of amides is 3. The van der Waals surface area contributed by atoms with Gasteiger partial charge in [0.05, 0.1) is 0 Å². The highest BCUT2D eigenvalue weighted by atomic mass is 35.5. The van der Waals surface area contributed by atoms with Crippen LogP contribution in [0.4, 0.5) is 10.5 Å². The SMILES string of the molecule is CN(C)C(=O)Nc1cccc(C(=O)NC(C)(C)CN)c1.Cl. The van der Waals surface area contributed by atoms with E-state index in [0.717, 1.165) is 0 Å². The minimum Gasteiger partial charge on any atom is -0.346 e. The highest BCUT2D eigenvalue weighted by Gasteiger charge is 2.19. The zero-order chi connectivity index (χ0) is 15.3. The first-order valence-corrected chi connectivity index (χ1v) is 6.36. The molecule has 0 saturated heterocycles. The zero-order valence-electron chi connectivity index (χ0n) is 12.8. The second kappa shape index (κ2) is 7.85. The summed E-state index contributed by atoms with van der Waals surface area (Å²) in [6.07, 6.45) is 0. The third-order valence-corrected chi connectivity index (χ3v) is 2.74. The van der Waals surface area contributed by atoms with Gasteiger partial charge in [-0.25, -0.2) is 4.79 Å². The van der Waals surface area contributed by atoms with Crippen LogP contribution in [0.3, 0.4) is 0 Å². The molecule has 0 aliphatic carbocycles. The number of hydrogen-bond donors (Lipinski definition) is 3. The lowest BCUT2D eigenvalue weighted by Gasteiger charge is -2.24. The Hall–Kier alpha value is -1.79. The number of nitrogens with two attached hydrogens (primary N) is 1. The van der Waals surface area contributed by atoms with E-state index in [1.165, 1.54) is 4.90 Å². The van der Waals surface area contributed by atoms with Gasteiger partial charge in [-0.05, 0) is 32.0 Å². The van der Waals surface area contributed by atoms with E-state index in [2.05, 4.69) is 10.6 Å². The van der Waals surface area contributed by atoms with Gasteiger partial charge in [0.15, 0.2) is 0 Å². The van der Waals surface area contributed by atoms with Crippen molar-refractivity contribution in [3.8, 4) is 0 Å². The monoisotopic (exact) mass is 314 g/mol. The minimum atomic E-state index is -0.472. The lowest BCUT2D eigenvalue weighted by atomic mass is 10.1. The van der Waals surface area contributed by atoms with Gasteiger partial charge in [-0.15, -0.1) is 12.4 Å². The predicted octanol–water partition coefficient (Wildman–Crippen LogP) is 1.67. The Morgan fingerprint density at radius 1 is 1.29 bits per heavy atom. The Morgan fingerprint density at radius 3 is 2.43 bits per heavy atom. The summed E-state index contributed by atoms with van der Waals surface area (Å²) < 4.78 is 0. The summed E-state index contributed by atoms with van der Waals surface area (Å²) in [6, 6.07) is 6.52. The van der Waals surface area contributed by atoms with Gasteiger partial charge < -0.3 is 21.3 Å². The molecule has 0 atom stereocenters. The Kier molecular flexibility index (Phi) is 7.18. The number of carbonyl (C=O) groups excluding carboxylic acids is 2. The van der Waals surface area contributed by atoms with Crippen molar-refractivity contribution in [1.29, 1.82) is 0 Å². The maximum Gasteiger partial charge on any atom is 0.321 e. The van der Waals surface area contributed by atoms with Crippen molar-refractivity contribution in [2.45, 2.75) is 19.4 Å². The molecule has 6 nitrogen and oxygen atoms in total. The molecular formula is C14H23ClN4O2. The standard InChI is InChI=1S/C14H22N4O2.ClH/c1-14(2,9-15)17-12(19)10-6-5-7-11(8-10)16-13(20)18(3)4;/h5-8H,9,15H2,1-4H3,(H,16,20)(H,17,19);1H. The maximum absolute atomic E-state index is 12.1. The summed E-state index contributed by atoms with van der Waals surface area (Å²) in [4.78, 5) is 25.1. The van der Waals surface area contributed by atoms with Crippen molar-refractivity contribution in [2.75, 3.05) is 26.0 Å². The highest BCUT2D eigenvalue weighted by Crippen LogP contribution is 2.12. The van der Waals surface area contributed by atoms with E-state index >= 15 is 0 Å². The number of rotatable bonds is 4. The van der Waals surface area contributed by atoms with Gasteiger partial charge in [0, 0.05) is 37.4 Å². The largest absolute Gasteiger partial charge is 0.346 e. The van der Waals surface area contributed by atoms with Crippen molar-refractivity contribution >= 4 is 30.0 Å². The van der Waals surface area contributed by atoms with Gasteiger partial charge in [-0.2, -0.15) is 0 Å². The average molecular weight is 315 g/mol. The Morgan fingerprint density at radius 2 is 1.90 bits per heavy atom. The van der Waals surface area contributed by atoms with Crippen LogP contribution in [0.25, 0.3) is 0 Å². The van der Waals surface area contributed by atoms with Crippen molar-refractivity contribution < 1.29 is 9.59 Å². The highest BCUT2D eigenvalue weighted by molar-refractivity contribution is 5.97. The van der Waals surface area contributed by atoms with Crippen LogP contribution < -0.4 is 16.4 Å². The molecule has 1 aromatic carbocycles. The third-order valence-electron chi connectivity index (χ3n) is 2.74. The molecule has 0 heterocycles. The van der Waals surface area contributed by atoms with E-state index in [9.17, 15) is 9.59 Å². The summed E-state index contributed by atoms with van der Waals surface area (Å²) in [7, 11) is 3.30. The van der Waals surface area contributed by atoms with Crippen LogP contribution in [-0.2, 0) is 0 Å². The molecule has 1 aromatic rings. The number of carbonyl (C=O) groups is 2. The molecule has 0 aliphatic heterocycles. The summed E-state index contributed by atoms with van der Waals surface area (Å²) in [5.74, 6) is -0.221. The average Bonchev–Trinajstić information content (AvgIpc) is 2.38. The summed E-state index contributed by atoms with van der Waals surface area (Å²) in [5, 5.41) is 5.53. The molecule has 4 N–H and O–H groups in total. The molecule has 0 spiro atoms. The van der Waals surface area contributed by atoms with E-state index < -0.39 is 5.54 Å². The van der Waals surface area contributed by atoms with Crippen LogP contribution in [0, 0.1) is 0 Å². The molecule has 1 rings (SSSR count). The first kappa shape index (κ1) is 19.2. The van der Waals surface area contributed by atoms with Crippen LogP contribution in [0.15, 0.2) is 24.3 Å². The van der Waals surface area contributed by atoms with Crippen LogP contribution >= 0.6 is 12.4 Å². The van der Waals surface area contributed by atoms with E-state index in [1.807, 2.05) is 13.8 Å². The fourth-order valence-electron chi connectivity index (χ4n) is 1.40. The molecule has 21 heavy (non-hydrogen) atoms. The van der Waals surface area contributed by atoms with E-state index in [0.29, 0.717) is 17.8 Å². The minimum absolute atomic E-state index is 0. The molecule has 0 unspecified atom stereocenters. The molecule has 0 saturated carbocycles. The molecule has 0 aliphatic rings. The normalized spacial score (nSPS) is 10.3. The number of urea groups is 1. The van der Waals surface area contributed by atoms with Gasteiger partial charge in [0.1, 0.15) is 0 Å². The second-order valence-corrected chi connectivity index (χ2v) is 5.45. The number of hydrogen-bond acceptors (Lipinski definition) is 3. The lowest BCUT2D eigenvalue weighted by molar-refractivity contribution is 0.0915. The maximum atomic E-state index is 12.1. The van der Waals surface area contributed by atoms with Gasteiger partial charge in [-0.3, -0.25) is 4.79 Å². The molecule has 3 amide bonds. The summed E-state index contributed by atoms with van der Waals surface area (Å²) >= 11 is 0. The molecule has 0 fully saturated rings. The Labute approximate surface area is 131 Å². The Bertz CT molecular complexity index is 504. The number of nitrogens with one attached hydrogen (secondary N) is 2. The van der Waals surface area contributed by atoms with Crippen LogP contribution in [0.2, 0.25) is 0 Å². The van der Waals surface area contributed by atoms with Gasteiger partial charge in [0.25, 0.3) is 5.91 Å². The van der Waals surface area contributed by atoms with Crippen molar-refractivity contribution in [1.82, 2.24) is 10.2 Å². The van der Waals surface area contributed by atoms with Crippen molar-refractivity contribution in [3.63, 3.8) is 0 Å². The second-order valence-electron chi connectivity index (χ2n) is 5.45. The van der Waals surface area contributed by atoms with Crippen LogP contribution in [0.5, 0.6) is 0 Å². The molecule has 0 radical (unpaired) electrons. The fourth-order valence-corrected chi connectivity index (χ4v) is 1.40. The van der Waals surface area contributed by atoms with Crippen LogP contribution in [-0.4, -0.2) is 43.0 Å². The lowest BCUT2D eigenvalue weighted by Crippen LogP contribution is -2.48. The molecule has 0 aromatic heterocycles. The summed E-state index contributed by atoms with van der Waals surface area (Å²) in [5.41, 5.74) is 6.16. The first-order valence-electron chi connectivity index (χ1n) is 6.36. The summed E-state index contributed by atoms with van der Waals surface area (Å²) in [6.45, 7) is 4.04. The van der Waals surface area contributed by atoms with Crippen molar-refractivity contribution in [3.05, 3.63) is 29.8 Å². The Balaban J connectivity index is 0.00000400. The van der Waals surface area contributed by atoms with Gasteiger partial charge >= 0.3 is 6.03 Å². The first-order chi connectivity index (χ1) is 9.25. The van der Waals surface area contributed by atoms with Gasteiger partial charge in [-0.1, -0.05) is 6.07 Å². The van der Waals surface area contributed by atoms with E-state index in [4.69, 9.17) is 5.73 Å². The molecule has 118 valence electrons. The molecular weight excluding hydrogens is 292 g/mol. The number of benzene rings is 1. The van der Waals surface area contributed by atoms with Crippen LogP contribution in [0.1, 0.15) is 24.2 Å². The topological polar surface area (TPSA) is 87.5 Å². The van der Waals surface area contributed by atoms with Crippen molar-refractivity contribution in [2.24, 2.45) is 5.73 Å². The fraction of sp³-hybridized carbons (Fsp3) is 0.429. The van der Waals surface area contributed by atoms with Gasteiger partial charge in [0.2, 0.25) is 0 Å². The molecule has 7 heteroatoms. The zero-order valence-corrected chi connectivity index (χ0v) is 13.6.